The minimum Gasteiger partial charge on any atom is -0.396 e. The van der Waals surface area contributed by atoms with Crippen LogP contribution in [-0.4, -0.2) is 47.3 Å². The fourth-order valence-electron chi connectivity index (χ4n) is 3.33. The third kappa shape index (κ3) is 3.98. The highest BCUT2D eigenvalue weighted by Crippen LogP contribution is 2.23. The summed E-state index contributed by atoms with van der Waals surface area (Å²) >= 11 is 0. The first-order valence-electron chi connectivity index (χ1n) is 8.51. The normalized spacial score (nSPS) is 17.9. The van der Waals surface area contributed by atoms with E-state index in [2.05, 4.69) is 16.0 Å². The first kappa shape index (κ1) is 18.2. The summed E-state index contributed by atoms with van der Waals surface area (Å²) in [5, 5.41) is 18.7. The maximum absolute atomic E-state index is 13.5. The van der Waals surface area contributed by atoms with Gasteiger partial charge in [0.1, 0.15) is 11.9 Å². The monoisotopic (exact) mass is 358 g/mol. The second-order valence-electron chi connectivity index (χ2n) is 6.32. The van der Waals surface area contributed by atoms with E-state index < -0.39 is 11.6 Å². The van der Waals surface area contributed by atoms with E-state index in [1.807, 2.05) is 4.90 Å². The van der Waals surface area contributed by atoms with E-state index in [1.54, 1.807) is 24.4 Å². The summed E-state index contributed by atoms with van der Waals surface area (Å²) in [5.74, 6) is -1.07. The summed E-state index contributed by atoms with van der Waals surface area (Å²) in [6.45, 7) is 2.45. The predicted molar refractivity (Wildman–Crippen MR) is 93.4 cm³/mol. The number of aromatic nitrogens is 1. The van der Waals surface area contributed by atoms with Crippen LogP contribution in [0.15, 0.2) is 36.5 Å². The van der Waals surface area contributed by atoms with Crippen LogP contribution in [0.3, 0.4) is 0 Å². The number of hydrogen-bond donors (Lipinski definition) is 1. The fourth-order valence-corrected chi connectivity index (χ4v) is 3.33. The molecule has 0 radical (unpaired) electrons. The Balaban J connectivity index is 1.75. The van der Waals surface area contributed by atoms with Crippen molar-refractivity contribution in [2.24, 2.45) is 0 Å². The maximum atomic E-state index is 13.5. The topological polar surface area (TPSA) is 63.4 Å². The smallest absolute Gasteiger partial charge is 0.159 e. The highest BCUT2D eigenvalue weighted by Gasteiger charge is 2.28. The summed E-state index contributed by atoms with van der Waals surface area (Å²) in [7, 11) is 0. The molecule has 7 heteroatoms. The van der Waals surface area contributed by atoms with Gasteiger partial charge in [-0.15, -0.1) is 0 Å². The van der Waals surface area contributed by atoms with Crippen molar-refractivity contribution in [3.63, 3.8) is 0 Å². The highest BCUT2D eigenvalue weighted by atomic mass is 19.2. The average Bonchev–Trinajstić information content (AvgIpc) is 2.66. The molecule has 0 aliphatic carbocycles. The average molecular weight is 358 g/mol. The minimum absolute atomic E-state index is 0.0235. The summed E-state index contributed by atoms with van der Waals surface area (Å²) in [6, 6.07) is 9.57. The van der Waals surface area contributed by atoms with E-state index in [4.69, 9.17) is 0 Å². The van der Waals surface area contributed by atoms with Gasteiger partial charge in [-0.25, -0.2) is 13.8 Å². The molecule has 1 fully saturated rings. The molecule has 0 amide bonds. The van der Waals surface area contributed by atoms with Crippen LogP contribution in [0.25, 0.3) is 0 Å². The zero-order chi connectivity index (χ0) is 18.5. The molecule has 1 saturated heterocycles. The number of nitrogens with zero attached hydrogens (tertiary/aromatic N) is 4. The van der Waals surface area contributed by atoms with E-state index in [-0.39, 0.29) is 12.6 Å². The van der Waals surface area contributed by atoms with E-state index in [0.717, 1.165) is 6.07 Å². The van der Waals surface area contributed by atoms with Crippen molar-refractivity contribution in [2.75, 3.05) is 31.1 Å². The molecule has 1 aliphatic heterocycles. The molecule has 1 atom stereocenters. The fraction of sp³-hybridized carbons (Fsp3) is 0.368. The third-order valence-electron chi connectivity index (χ3n) is 4.64. The molecule has 26 heavy (non-hydrogen) atoms. The van der Waals surface area contributed by atoms with Crippen LogP contribution in [0.2, 0.25) is 0 Å². The molecule has 3 rings (SSSR count). The number of nitriles is 1. The number of aliphatic hydroxyl groups is 1. The lowest BCUT2D eigenvalue weighted by molar-refractivity contribution is 0.135. The van der Waals surface area contributed by atoms with E-state index in [1.165, 1.54) is 6.07 Å². The van der Waals surface area contributed by atoms with Gasteiger partial charge in [-0.05, 0) is 36.2 Å². The summed E-state index contributed by atoms with van der Waals surface area (Å²) in [4.78, 5) is 8.52. The SMILES string of the molecule is N#Cc1cccnc1N1CCN(Cc2ccc(F)c(F)c2)C(CCO)C1. The van der Waals surface area contributed by atoms with Crippen molar-refractivity contribution in [2.45, 2.75) is 19.0 Å². The van der Waals surface area contributed by atoms with Gasteiger partial charge in [0.25, 0.3) is 0 Å². The Morgan fingerprint density at radius 1 is 1.23 bits per heavy atom. The molecule has 1 N–H and O–H groups in total. The van der Waals surface area contributed by atoms with Crippen molar-refractivity contribution in [3.8, 4) is 6.07 Å². The Bertz CT molecular complexity index is 808. The second kappa shape index (κ2) is 8.21. The molecule has 2 heterocycles. The van der Waals surface area contributed by atoms with Crippen molar-refractivity contribution in [1.29, 1.82) is 5.26 Å². The molecule has 0 spiro atoms. The van der Waals surface area contributed by atoms with Gasteiger partial charge in [0, 0.05) is 45.0 Å². The van der Waals surface area contributed by atoms with E-state index >= 15 is 0 Å². The highest BCUT2D eigenvalue weighted by molar-refractivity contribution is 5.53. The summed E-state index contributed by atoms with van der Waals surface area (Å²) < 4.78 is 26.6. The number of hydrogen-bond acceptors (Lipinski definition) is 5. The van der Waals surface area contributed by atoms with Crippen molar-refractivity contribution in [1.82, 2.24) is 9.88 Å². The lowest BCUT2D eigenvalue weighted by Crippen LogP contribution is -2.53. The van der Waals surface area contributed by atoms with Crippen LogP contribution >= 0.6 is 0 Å². The van der Waals surface area contributed by atoms with Crippen LogP contribution in [0.5, 0.6) is 0 Å². The molecule has 1 aliphatic rings. The largest absolute Gasteiger partial charge is 0.396 e. The molecule has 2 aromatic rings. The predicted octanol–water partition coefficient (Wildman–Crippen LogP) is 2.30. The van der Waals surface area contributed by atoms with E-state index in [9.17, 15) is 19.1 Å². The Morgan fingerprint density at radius 3 is 2.81 bits per heavy atom. The van der Waals surface area contributed by atoms with Crippen LogP contribution in [0.1, 0.15) is 17.5 Å². The molecule has 0 saturated carbocycles. The first-order chi connectivity index (χ1) is 12.6. The van der Waals surface area contributed by atoms with Gasteiger partial charge >= 0.3 is 0 Å². The molecular formula is C19H20F2N4O. The molecule has 1 unspecified atom stereocenters. The van der Waals surface area contributed by atoms with Crippen LogP contribution in [0.4, 0.5) is 14.6 Å². The van der Waals surface area contributed by atoms with Gasteiger partial charge in [-0.1, -0.05) is 6.07 Å². The Hall–Kier alpha value is -2.56. The van der Waals surface area contributed by atoms with Gasteiger partial charge in [-0.2, -0.15) is 5.26 Å². The number of anilines is 1. The molecule has 1 aromatic carbocycles. The standard InChI is InChI=1S/C19H20F2N4O/c20-17-4-3-14(10-18(17)21)12-24-7-8-25(13-16(24)5-9-26)19-15(11-22)2-1-6-23-19/h1-4,6,10,16,26H,5,7-9,12-13H2. The van der Waals surface area contributed by atoms with Gasteiger partial charge in [0.05, 0.1) is 5.56 Å². The zero-order valence-electron chi connectivity index (χ0n) is 14.3. The number of pyridine rings is 1. The van der Waals surface area contributed by atoms with Crippen molar-refractivity contribution >= 4 is 5.82 Å². The van der Waals surface area contributed by atoms with E-state index in [0.29, 0.717) is 49.5 Å². The number of aliphatic hydroxyl groups excluding tert-OH is 1. The molecule has 0 bridgehead atoms. The maximum Gasteiger partial charge on any atom is 0.159 e. The molecular weight excluding hydrogens is 338 g/mol. The van der Waals surface area contributed by atoms with Gasteiger partial charge in [0.2, 0.25) is 0 Å². The Morgan fingerprint density at radius 2 is 2.08 bits per heavy atom. The van der Waals surface area contributed by atoms with Gasteiger partial charge < -0.3 is 10.0 Å². The summed E-state index contributed by atoms with van der Waals surface area (Å²) in [6.07, 6.45) is 2.21. The van der Waals surface area contributed by atoms with Gasteiger partial charge in [0.15, 0.2) is 11.6 Å². The number of benzene rings is 1. The third-order valence-corrected chi connectivity index (χ3v) is 4.64. The summed E-state index contributed by atoms with van der Waals surface area (Å²) in [5.41, 5.74) is 1.21. The Kier molecular flexibility index (Phi) is 5.76. The van der Waals surface area contributed by atoms with Gasteiger partial charge in [-0.3, -0.25) is 4.90 Å². The lowest BCUT2D eigenvalue weighted by Gasteiger charge is -2.42. The molecule has 1 aromatic heterocycles. The second-order valence-corrected chi connectivity index (χ2v) is 6.32. The molecule has 5 nitrogen and oxygen atoms in total. The lowest BCUT2D eigenvalue weighted by atomic mass is 10.1. The number of halogens is 2. The first-order valence-corrected chi connectivity index (χ1v) is 8.51. The van der Waals surface area contributed by atoms with Crippen LogP contribution in [-0.2, 0) is 6.54 Å². The minimum atomic E-state index is -0.857. The van der Waals surface area contributed by atoms with Crippen molar-refractivity contribution in [3.05, 3.63) is 59.3 Å². The quantitative estimate of drug-likeness (QED) is 0.889. The molecule has 136 valence electrons. The van der Waals surface area contributed by atoms with Crippen LogP contribution < -0.4 is 4.90 Å². The van der Waals surface area contributed by atoms with Crippen LogP contribution in [0, 0.1) is 23.0 Å². The number of rotatable bonds is 5. The zero-order valence-corrected chi connectivity index (χ0v) is 14.3. The van der Waals surface area contributed by atoms with Crippen molar-refractivity contribution < 1.29 is 13.9 Å². The number of piperazine rings is 1. The Labute approximate surface area is 151 Å².